The number of benzene rings is 1. The molecule has 0 fully saturated rings. The van der Waals surface area contributed by atoms with E-state index in [0.717, 1.165) is 5.69 Å². The maximum Gasteiger partial charge on any atom is 0.125 e. The van der Waals surface area contributed by atoms with Gasteiger partial charge in [-0.15, -0.1) is 5.10 Å². The zero-order valence-electron chi connectivity index (χ0n) is 7.61. The van der Waals surface area contributed by atoms with Crippen LogP contribution in [0.3, 0.4) is 0 Å². The average Bonchev–Trinajstić information content (AvgIpc) is 2.56. The molecule has 0 amide bonds. The van der Waals surface area contributed by atoms with Crippen molar-refractivity contribution in [2.75, 3.05) is 5.73 Å². The first kappa shape index (κ1) is 8.68. The fourth-order valence-electron chi connectivity index (χ4n) is 1.22. The fraction of sp³-hybridized carbons (Fsp3) is 0.111. The van der Waals surface area contributed by atoms with Gasteiger partial charge >= 0.3 is 0 Å². The van der Waals surface area contributed by atoms with E-state index in [0.29, 0.717) is 11.4 Å². The Kier molecular flexibility index (Phi) is 1.92. The Labute approximate surface area is 80.2 Å². The third-order valence-electron chi connectivity index (χ3n) is 1.94. The van der Waals surface area contributed by atoms with Crippen LogP contribution in [0.4, 0.5) is 10.1 Å². The quantitative estimate of drug-likeness (QED) is 0.693. The van der Waals surface area contributed by atoms with E-state index >= 15 is 0 Å². The number of aromatic nitrogens is 3. The van der Waals surface area contributed by atoms with Crippen molar-refractivity contribution in [2.45, 2.75) is 6.92 Å². The third-order valence-corrected chi connectivity index (χ3v) is 1.94. The van der Waals surface area contributed by atoms with Crippen LogP contribution >= 0.6 is 0 Å². The summed E-state index contributed by atoms with van der Waals surface area (Å²) in [4.78, 5) is 0. The van der Waals surface area contributed by atoms with Gasteiger partial charge in [-0.1, -0.05) is 5.21 Å². The van der Waals surface area contributed by atoms with Crippen molar-refractivity contribution in [1.29, 1.82) is 0 Å². The van der Waals surface area contributed by atoms with E-state index in [-0.39, 0.29) is 5.82 Å². The van der Waals surface area contributed by atoms with Gasteiger partial charge in [0, 0.05) is 6.07 Å². The first-order valence-electron chi connectivity index (χ1n) is 4.11. The lowest BCUT2D eigenvalue weighted by Gasteiger charge is -2.06. The molecule has 0 bridgehead atoms. The van der Waals surface area contributed by atoms with Crippen molar-refractivity contribution in [3.63, 3.8) is 0 Å². The van der Waals surface area contributed by atoms with Crippen molar-refractivity contribution in [3.05, 3.63) is 35.9 Å². The molecule has 5 heteroatoms. The molecule has 0 radical (unpaired) electrons. The molecule has 0 aliphatic carbocycles. The number of nitrogens with two attached hydrogens (primary N) is 1. The summed E-state index contributed by atoms with van der Waals surface area (Å²) in [6, 6.07) is 4.15. The fourth-order valence-corrected chi connectivity index (χ4v) is 1.22. The van der Waals surface area contributed by atoms with Crippen LogP contribution < -0.4 is 5.73 Å². The number of aryl methyl sites for hydroxylation is 1. The molecule has 14 heavy (non-hydrogen) atoms. The zero-order chi connectivity index (χ0) is 10.1. The highest BCUT2D eigenvalue weighted by atomic mass is 19.1. The van der Waals surface area contributed by atoms with Crippen LogP contribution in [0.5, 0.6) is 0 Å². The highest BCUT2D eigenvalue weighted by molar-refractivity contribution is 5.57. The second-order valence-electron chi connectivity index (χ2n) is 2.99. The lowest BCUT2D eigenvalue weighted by atomic mass is 10.2. The SMILES string of the molecule is Cc1cnnn1-c1cc(F)ccc1N. The highest BCUT2D eigenvalue weighted by Gasteiger charge is 2.06. The molecule has 72 valence electrons. The van der Waals surface area contributed by atoms with Crippen molar-refractivity contribution < 1.29 is 4.39 Å². The third kappa shape index (κ3) is 1.32. The van der Waals surface area contributed by atoms with E-state index in [2.05, 4.69) is 10.3 Å². The van der Waals surface area contributed by atoms with E-state index in [9.17, 15) is 4.39 Å². The Hall–Kier alpha value is -1.91. The molecule has 0 saturated heterocycles. The van der Waals surface area contributed by atoms with Crippen LogP contribution in [0, 0.1) is 12.7 Å². The van der Waals surface area contributed by atoms with E-state index in [1.165, 1.54) is 22.9 Å². The van der Waals surface area contributed by atoms with Gasteiger partial charge in [0.1, 0.15) is 5.82 Å². The lowest BCUT2D eigenvalue weighted by Crippen LogP contribution is -2.03. The number of nitrogen functional groups attached to an aromatic ring is 1. The topological polar surface area (TPSA) is 56.7 Å². The second kappa shape index (κ2) is 3.10. The molecule has 2 N–H and O–H groups in total. The second-order valence-corrected chi connectivity index (χ2v) is 2.99. The van der Waals surface area contributed by atoms with Gasteiger partial charge < -0.3 is 5.73 Å². The van der Waals surface area contributed by atoms with Crippen LogP contribution in [0.15, 0.2) is 24.4 Å². The summed E-state index contributed by atoms with van der Waals surface area (Å²) in [6.45, 7) is 1.82. The van der Waals surface area contributed by atoms with E-state index in [4.69, 9.17) is 5.73 Å². The minimum Gasteiger partial charge on any atom is -0.397 e. The molecule has 2 rings (SSSR count). The Morgan fingerprint density at radius 3 is 2.86 bits per heavy atom. The standard InChI is InChI=1S/C9H9FN4/c1-6-5-12-13-14(6)9-4-7(10)2-3-8(9)11/h2-5H,11H2,1H3. The Balaban J connectivity index is 2.62. The first-order chi connectivity index (χ1) is 6.68. The largest absolute Gasteiger partial charge is 0.397 e. The van der Waals surface area contributed by atoms with Gasteiger partial charge in [-0.2, -0.15) is 0 Å². The molecule has 4 nitrogen and oxygen atoms in total. The van der Waals surface area contributed by atoms with Gasteiger partial charge in [0.2, 0.25) is 0 Å². The normalized spacial score (nSPS) is 10.4. The summed E-state index contributed by atoms with van der Waals surface area (Å²) in [7, 11) is 0. The molecule has 0 aliphatic rings. The molecule has 0 atom stereocenters. The van der Waals surface area contributed by atoms with Crippen molar-refractivity contribution in [2.24, 2.45) is 0 Å². The number of rotatable bonds is 1. The first-order valence-corrected chi connectivity index (χ1v) is 4.11. The monoisotopic (exact) mass is 192 g/mol. The smallest absolute Gasteiger partial charge is 0.125 e. The predicted octanol–water partition coefficient (Wildman–Crippen LogP) is 1.30. The molecular weight excluding hydrogens is 183 g/mol. The predicted molar refractivity (Wildman–Crippen MR) is 50.5 cm³/mol. The van der Waals surface area contributed by atoms with E-state index in [1.807, 2.05) is 6.92 Å². The average molecular weight is 192 g/mol. The Morgan fingerprint density at radius 2 is 2.21 bits per heavy atom. The molecule has 0 spiro atoms. The van der Waals surface area contributed by atoms with Crippen LogP contribution in [0.25, 0.3) is 5.69 Å². The summed E-state index contributed by atoms with van der Waals surface area (Å²) in [5.41, 5.74) is 7.49. The van der Waals surface area contributed by atoms with Gasteiger partial charge in [0.05, 0.1) is 23.3 Å². The maximum absolute atomic E-state index is 13.0. The summed E-state index contributed by atoms with van der Waals surface area (Å²) in [5, 5.41) is 7.51. The molecule has 1 aromatic carbocycles. The number of halogens is 1. The van der Waals surface area contributed by atoms with Crippen LogP contribution in [0.2, 0.25) is 0 Å². The minimum atomic E-state index is -0.343. The van der Waals surface area contributed by atoms with E-state index in [1.54, 1.807) is 6.20 Å². The molecule has 0 unspecified atom stereocenters. The maximum atomic E-state index is 13.0. The number of hydrogen-bond acceptors (Lipinski definition) is 3. The number of hydrogen-bond donors (Lipinski definition) is 1. The van der Waals surface area contributed by atoms with Gasteiger partial charge in [0.15, 0.2) is 0 Å². The molecular formula is C9H9FN4. The number of anilines is 1. The highest BCUT2D eigenvalue weighted by Crippen LogP contribution is 2.18. The Bertz CT molecular complexity index is 464. The summed E-state index contributed by atoms with van der Waals surface area (Å²) >= 11 is 0. The molecule has 2 aromatic rings. The molecule has 1 heterocycles. The summed E-state index contributed by atoms with van der Waals surface area (Å²) in [6.07, 6.45) is 1.59. The molecule has 1 aromatic heterocycles. The minimum absolute atomic E-state index is 0.343. The lowest BCUT2D eigenvalue weighted by molar-refractivity contribution is 0.624. The van der Waals surface area contributed by atoms with Crippen molar-refractivity contribution in [1.82, 2.24) is 15.0 Å². The zero-order valence-corrected chi connectivity index (χ0v) is 7.61. The van der Waals surface area contributed by atoms with Crippen LogP contribution in [-0.2, 0) is 0 Å². The molecule has 0 saturated carbocycles. The van der Waals surface area contributed by atoms with Crippen molar-refractivity contribution in [3.8, 4) is 5.69 Å². The van der Waals surface area contributed by atoms with Crippen LogP contribution in [-0.4, -0.2) is 15.0 Å². The summed E-state index contributed by atoms with van der Waals surface area (Å²) in [5.74, 6) is -0.343. The summed E-state index contributed by atoms with van der Waals surface area (Å²) < 4.78 is 14.5. The van der Waals surface area contributed by atoms with Crippen molar-refractivity contribution >= 4 is 5.69 Å². The molecule has 0 aliphatic heterocycles. The van der Waals surface area contributed by atoms with Crippen LogP contribution in [0.1, 0.15) is 5.69 Å². The van der Waals surface area contributed by atoms with Gasteiger partial charge in [-0.25, -0.2) is 9.07 Å². The van der Waals surface area contributed by atoms with Gasteiger partial charge in [-0.3, -0.25) is 0 Å². The number of nitrogens with zero attached hydrogens (tertiary/aromatic N) is 3. The van der Waals surface area contributed by atoms with Gasteiger partial charge in [-0.05, 0) is 19.1 Å². The Morgan fingerprint density at radius 1 is 1.43 bits per heavy atom. The van der Waals surface area contributed by atoms with Gasteiger partial charge in [0.25, 0.3) is 0 Å². The van der Waals surface area contributed by atoms with E-state index < -0.39 is 0 Å².